The summed E-state index contributed by atoms with van der Waals surface area (Å²) in [6, 6.07) is 16.4. The van der Waals surface area contributed by atoms with Crippen molar-refractivity contribution >= 4 is 34.6 Å². The molecule has 11 nitrogen and oxygen atoms in total. The zero-order valence-corrected chi connectivity index (χ0v) is 22.9. The maximum Gasteiger partial charge on any atom is 0.330 e. The Hall–Kier alpha value is -5.32. The second-order valence-corrected chi connectivity index (χ2v) is 9.26. The number of amides is 3. The third-order valence-electron chi connectivity index (χ3n) is 6.34. The van der Waals surface area contributed by atoms with Crippen molar-refractivity contribution < 1.29 is 23.9 Å². The molecule has 0 radical (unpaired) electrons. The summed E-state index contributed by atoms with van der Waals surface area (Å²) in [5.41, 5.74) is 8.95. The molecule has 0 saturated heterocycles. The number of aromatic nitrogens is 3. The Bertz CT molecular complexity index is 1630. The SMILES string of the molecule is COC(=O)/C=C/C(=O)NNC(=O)CCc1ccccc1C(=O)N[C@H](C)c1cc(-c2cnn(C)c2)nc2ccccc12. The van der Waals surface area contributed by atoms with Gasteiger partial charge in [-0.05, 0) is 42.7 Å². The molecule has 4 aromatic rings. The highest BCUT2D eigenvalue weighted by Gasteiger charge is 2.19. The summed E-state index contributed by atoms with van der Waals surface area (Å²) in [5, 5.41) is 8.28. The van der Waals surface area contributed by atoms with Crippen LogP contribution in [0.15, 0.2) is 79.1 Å². The Balaban J connectivity index is 1.44. The number of benzene rings is 2. The number of nitrogens with zero attached hydrogens (tertiary/aromatic N) is 3. The van der Waals surface area contributed by atoms with Gasteiger partial charge < -0.3 is 10.1 Å². The standard InChI is InChI=1S/C30H30N6O5/c1-19(24-16-26(21-17-31-36(2)18-21)33-25-11-7-6-10-23(24)25)32-30(40)22-9-5-4-8-20(22)12-13-27(37)34-35-28(38)14-15-29(39)41-3/h4-11,14-19H,12-13H2,1-3H3,(H,32,40)(H,34,37)(H,35,38)/b15-14+/t19-/m1/s1. The lowest BCUT2D eigenvalue weighted by Crippen LogP contribution is -2.41. The molecule has 0 aliphatic heterocycles. The van der Waals surface area contributed by atoms with E-state index in [2.05, 4.69) is 26.0 Å². The molecule has 41 heavy (non-hydrogen) atoms. The molecule has 2 aromatic heterocycles. The number of hydrogen-bond donors (Lipinski definition) is 3. The van der Waals surface area contributed by atoms with Crippen molar-refractivity contribution in [3.63, 3.8) is 0 Å². The zero-order valence-electron chi connectivity index (χ0n) is 22.9. The summed E-state index contributed by atoms with van der Waals surface area (Å²) in [6.07, 6.45) is 5.80. The number of ether oxygens (including phenoxy) is 1. The van der Waals surface area contributed by atoms with Crippen molar-refractivity contribution in [2.75, 3.05) is 7.11 Å². The Morgan fingerprint density at radius 2 is 1.78 bits per heavy atom. The van der Waals surface area contributed by atoms with E-state index in [9.17, 15) is 19.2 Å². The molecule has 0 unspecified atom stereocenters. The van der Waals surface area contributed by atoms with Crippen LogP contribution in [0.1, 0.15) is 40.9 Å². The van der Waals surface area contributed by atoms with Crippen LogP contribution in [0.3, 0.4) is 0 Å². The highest BCUT2D eigenvalue weighted by atomic mass is 16.5. The van der Waals surface area contributed by atoms with Gasteiger partial charge in [0.05, 0.1) is 30.6 Å². The van der Waals surface area contributed by atoms with Crippen LogP contribution in [-0.4, -0.2) is 45.6 Å². The first kappa shape index (κ1) is 28.7. The Morgan fingerprint density at radius 3 is 2.54 bits per heavy atom. The van der Waals surface area contributed by atoms with Crippen molar-refractivity contribution in [3.05, 3.63) is 95.8 Å². The van der Waals surface area contributed by atoms with Gasteiger partial charge in [0.1, 0.15) is 0 Å². The summed E-state index contributed by atoms with van der Waals surface area (Å²) < 4.78 is 6.12. The molecule has 210 valence electrons. The average Bonchev–Trinajstić information content (AvgIpc) is 3.43. The molecule has 0 spiro atoms. The van der Waals surface area contributed by atoms with E-state index in [1.54, 1.807) is 35.1 Å². The van der Waals surface area contributed by atoms with E-state index >= 15 is 0 Å². The van der Waals surface area contributed by atoms with Crippen molar-refractivity contribution in [2.45, 2.75) is 25.8 Å². The molecule has 2 aromatic carbocycles. The zero-order chi connectivity index (χ0) is 29.4. The van der Waals surface area contributed by atoms with Crippen LogP contribution in [0.2, 0.25) is 0 Å². The number of rotatable bonds is 9. The van der Waals surface area contributed by atoms with E-state index in [1.165, 1.54) is 7.11 Å². The van der Waals surface area contributed by atoms with Crippen molar-refractivity contribution in [3.8, 4) is 11.3 Å². The van der Waals surface area contributed by atoms with Gasteiger partial charge >= 0.3 is 5.97 Å². The highest BCUT2D eigenvalue weighted by Crippen LogP contribution is 2.29. The van der Waals surface area contributed by atoms with Gasteiger partial charge in [0.15, 0.2) is 0 Å². The van der Waals surface area contributed by atoms with Gasteiger partial charge in [0.2, 0.25) is 5.91 Å². The van der Waals surface area contributed by atoms with Crippen LogP contribution in [-0.2, 0) is 32.6 Å². The van der Waals surface area contributed by atoms with Gasteiger partial charge in [-0.2, -0.15) is 5.10 Å². The number of nitrogens with one attached hydrogen (secondary N) is 3. The predicted molar refractivity (Wildman–Crippen MR) is 152 cm³/mol. The van der Waals surface area contributed by atoms with E-state index in [-0.39, 0.29) is 24.8 Å². The maximum absolute atomic E-state index is 13.4. The first-order chi connectivity index (χ1) is 19.7. The topological polar surface area (TPSA) is 144 Å². The molecule has 1 atom stereocenters. The number of aryl methyl sites for hydroxylation is 2. The van der Waals surface area contributed by atoms with Crippen LogP contribution in [0, 0.1) is 0 Å². The fraction of sp³-hybridized carbons (Fsp3) is 0.200. The molecule has 11 heteroatoms. The number of esters is 1. The third-order valence-corrected chi connectivity index (χ3v) is 6.34. The number of methoxy groups -OCH3 is 1. The third kappa shape index (κ3) is 7.41. The summed E-state index contributed by atoms with van der Waals surface area (Å²) in [6.45, 7) is 1.92. The number of hydrogen-bond acceptors (Lipinski definition) is 7. The lowest BCUT2D eigenvalue weighted by Gasteiger charge is -2.19. The van der Waals surface area contributed by atoms with Crippen molar-refractivity contribution in [1.82, 2.24) is 30.9 Å². The quantitative estimate of drug-likeness (QED) is 0.164. The van der Waals surface area contributed by atoms with Gasteiger partial charge in [0.25, 0.3) is 11.8 Å². The molecule has 2 heterocycles. The molecule has 0 fully saturated rings. The van der Waals surface area contributed by atoms with Gasteiger partial charge in [-0.3, -0.25) is 29.9 Å². The summed E-state index contributed by atoms with van der Waals surface area (Å²) >= 11 is 0. The minimum Gasteiger partial charge on any atom is -0.466 e. The second kappa shape index (κ2) is 13.2. The summed E-state index contributed by atoms with van der Waals surface area (Å²) in [7, 11) is 3.03. The molecule has 0 bridgehead atoms. The number of carbonyl (C=O) groups is 4. The number of pyridine rings is 1. The summed E-state index contributed by atoms with van der Waals surface area (Å²) in [4.78, 5) is 53.3. The summed E-state index contributed by atoms with van der Waals surface area (Å²) in [5.74, 6) is -2.12. The maximum atomic E-state index is 13.4. The van der Waals surface area contributed by atoms with Gasteiger partial charge in [-0.1, -0.05) is 36.4 Å². The monoisotopic (exact) mass is 554 g/mol. The van der Waals surface area contributed by atoms with E-state index in [0.29, 0.717) is 11.1 Å². The van der Waals surface area contributed by atoms with Crippen LogP contribution in [0.5, 0.6) is 0 Å². The van der Waals surface area contributed by atoms with Gasteiger partial charge in [-0.25, -0.2) is 9.78 Å². The van der Waals surface area contributed by atoms with Crippen molar-refractivity contribution in [1.29, 1.82) is 0 Å². The average molecular weight is 555 g/mol. The fourth-order valence-electron chi connectivity index (χ4n) is 4.27. The van der Waals surface area contributed by atoms with E-state index in [4.69, 9.17) is 4.98 Å². The van der Waals surface area contributed by atoms with Crippen LogP contribution >= 0.6 is 0 Å². The van der Waals surface area contributed by atoms with Gasteiger partial charge in [-0.15, -0.1) is 0 Å². The number of fused-ring (bicyclic) bond motifs is 1. The lowest BCUT2D eigenvalue weighted by atomic mass is 9.98. The molecule has 4 rings (SSSR count). The molecular weight excluding hydrogens is 524 g/mol. The van der Waals surface area contributed by atoms with Crippen LogP contribution in [0.25, 0.3) is 22.2 Å². The minimum absolute atomic E-state index is 0.0182. The molecule has 0 aliphatic carbocycles. The largest absolute Gasteiger partial charge is 0.466 e. The Labute approximate surface area is 236 Å². The number of para-hydroxylation sites is 1. The molecule has 0 aliphatic rings. The first-order valence-corrected chi connectivity index (χ1v) is 12.9. The van der Waals surface area contributed by atoms with Crippen LogP contribution < -0.4 is 16.2 Å². The van der Waals surface area contributed by atoms with E-state index in [0.717, 1.165) is 39.9 Å². The predicted octanol–water partition coefficient (Wildman–Crippen LogP) is 2.94. The molecule has 0 saturated carbocycles. The number of carbonyl (C=O) groups excluding carboxylic acids is 4. The normalized spacial score (nSPS) is 11.7. The fourth-order valence-corrected chi connectivity index (χ4v) is 4.27. The first-order valence-electron chi connectivity index (χ1n) is 12.9. The lowest BCUT2D eigenvalue weighted by molar-refractivity contribution is -0.135. The molecule has 3 amide bonds. The van der Waals surface area contributed by atoms with Crippen LogP contribution in [0.4, 0.5) is 0 Å². The van der Waals surface area contributed by atoms with Gasteiger partial charge in [0, 0.05) is 48.3 Å². The van der Waals surface area contributed by atoms with E-state index in [1.807, 2.05) is 50.5 Å². The smallest absolute Gasteiger partial charge is 0.330 e. The Morgan fingerprint density at radius 1 is 1.02 bits per heavy atom. The number of hydrazine groups is 1. The van der Waals surface area contributed by atoms with Crippen molar-refractivity contribution in [2.24, 2.45) is 7.05 Å². The van der Waals surface area contributed by atoms with E-state index < -0.39 is 17.8 Å². The second-order valence-electron chi connectivity index (χ2n) is 9.26. The minimum atomic E-state index is -0.693. The Kier molecular flexibility index (Phi) is 9.20. The molecule has 3 N–H and O–H groups in total. The molecular formula is C30H30N6O5. The highest BCUT2D eigenvalue weighted by molar-refractivity contribution is 5.97.